The number of hydrogen-bond donors (Lipinski definition) is 1. The molecule has 0 spiro atoms. The van der Waals surface area contributed by atoms with Gasteiger partial charge in [0.05, 0.1) is 11.3 Å². The zero-order valence-electron chi connectivity index (χ0n) is 10.7. The van der Waals surface area contributed by atoms with Gasteiger partial charge in [-0.2, -0.15) is 18.3 Å². The van der Waals surface area contributed by atoms with Crippen LogP contribution in [0.25, 0.3) is 0 Å². The molecule has 3 nitrogen and oxygen atoms in total. The fourth-order valence-electron chi connectivity index (χ4n) is 1.83. The summed E-state index contributed by atoms with van der Waals surface area (Å²) in [7, 11) is 1.80. The fraction of sp³-hybridized carbons (Fsp3) is 0.308. The van der Waals surface area contributed by atoms with Crippen LogP contribution in [0.5, 0.6) is 0 Å². The molecular weight excluding hydrogens is 335 g/mol. The van der Waals surface area contributed by atoms with Crippen LogP contribution in [0.2, 0.25) is 0 Å². The highest BCUT2D eigenvalue weighted by Gasteiger charge is 2.33. The van der Waals surface area contributed by atoms with Crippen LogP contribution in [-0.2, 0) is 19.6 Å². The van der Waals surface area contributed by atoms with Crippen LogP contribution < -0.4 is 5.32 Å². The lowest BCUT2D eigenvalue weighted by Crippen LogP contribution is -2.13. The number of alkyl halides is 3. The number of aromatic nitrogens is 2. The topological polar surface area (TPSA) is 29.9 Å². The molecule has 0 atom stereocenters. The molecule has 1 heterocycles. The van der Waals surface area contributed by atoms with Gasteiger partial charge in [-0.25, -0.2) is 0 Å². The summed E-state index contributed by atoms with van der Waals surface area (Å²) in [6.07, 6.45) is -2.01. The zero-order chi connectivity index (χ0) is 14.8. The van der Waals surface area contributed by atoms with Crippen molar-refractivity contribution in [1.82, 2.24) is 9.78 Å². The van der Waals surface area contributed by atoms with E-state index in [-0.39, 0.29) is 5.69 Å². The van der Waals surface area contributed by atoms with Crippen molar-refractivity contribution in [3.8, 4) is 0 Å². The third-order valence-electron chi connectivity index (χ3n) is 2.75. The van der Waals surface area contributed by atoms with E-state index in [9.17, 15) is 13.2 Å². The average molecular weight is 348 g/mol. The Labute approximate surface area is 122 Å². The molecule has 0 saturated heterocycles. The van der Waals surface area contributed by atoms with Crippen LogP contribution in [0.4, 0.5) is 18.9 Å². The maximum atomic E-state index is 12.9. The molecule has 1 aromatic carbocycles. The van der Waals surface area contributed by atoms with E-state index in [1.165, 1.54) is 12.1 Å². The van der Waals surface area contributed by atoms with Gasteiger partial charge in [0.1, 0.15) is 0 Å². The van der Waals surface area contributed by atoms with Crippen molar-refractivity contribution < 1.29 is 13.2 Å². The summed E-state index contributed by atoms with van der Waals surface area (Å²) in [6.45, 7) is 0.385. The number of hydrogen-bond acceptors (Lipinski definition) is 2. The van der Waals surface area contributed by atoms with E-state index >= 15 is 0 Å². The minimum atomic E-state index is -4.37. The van der Waals surface area contributed by atoms with E-state index in [0.717, 1.165) is 11.8 Å². The molecule has 0 bridgehead atoms. The molecule has 108 valence electrons. The van der Waals surface area contributed by atoms with E-state index in [2.05, 4.69) is 26.3 Å². The van der Waals surface area contributed by atoms with E-state index < -0.39 is 11.7 Å². The normalized spacial score (nSPS) is 11.7. The summed E-state index contributed by atoms with van der Waals surface area (Å²) in [5.41, 5.74) is 0.244. The maximum Gasteiger partial charge on any atom is 0.418 e. The van der Waals surface area contributed by atoms with E-state index in [1.54, 1.807) is 17.9 Å². The summed E-state index contributed by atoms with van der Waals surface area (Å²) in [6, 6.07) is 5.72. The van der Waals surface area contributed by atoms with Crippen molar-refractivity contribution in [2.75, 3.05) is 11.9 Å². The third kappa shape index (κ3) is 3.75. The van der Waals surface area contributed by atoms with Crippen LogP contribution in [-0.4, -0.2) is 16.3 Å². The minimum Gasteiger partial charge on any atom is -0.384 e. The van der Waals surface area contributed by atoms with Gasteiger partial charge in [-0.05, 0) is 24.3 Å². The fourth-order valence-corrected chi connectivity index (χ4v) is 2.19. The molecule has 1 aromatic heterocycles. The molecule has 0 aliphatic carbocycles. The molecule has 0 aliphatic rings. The number of halogens is 4. The first kappa shape index (κ1) is 14.9. The maximum absolute atomic E-state index is 12.9. The Kier molecular flexibility index (Phi) is 4.37. The summed E-state index contributed by atoms with van der Waals surface area (Å²) in [4.78, 5) is 0. The molecule has 0 aliphatic heterocycles. The van der Waals surface area contributed by atoms with Crippen LogP contribution in [0.3, 0.4) is 0 Å². The third-order valence-corrected chi connectivity index (χ3v) is 3.25. The number of rotatable bonds is 4. The second-order valence-corrected chi connectivity index (χ2v) is 5.26. The predicted octanol–water partition coefficient (Wildman–Crippen LogP) is 3.86. The number of aryl methyl sites for hydroxylation is 1. The van der Waals surface area contributed by atoms with Gasteiger partial charge in [-0.15, -0.1) is 0 Å². The standard InChI is InChI=1S/C13H13BrF3N3/c1-20-7-5-10(19-20)4-6-18-12-8-9(14)2-3-11(12)13(15,16)17/h2-3,5,7-8,18H,4,6H2,1H3. The molecule has 0 saturated carbocycles. The molecule has 7 heteroatoms. The van der Waals surface area contributed by atoms with Crippen LogP contribution in [0, 0.1) is 0 Å². The molecule has 0 unspecified atom stereocenters. The van der Waals surface area contributed by atoms with Gasteiger partial charge < -0.3 is 5.32 Å². The lowest BCUT2D eigenvalue weighted by Gasteiger charge is -2.14. The number of nitrogens with zero attached hydrogens (tertiary/aromatic N) is 2. The first-order valence-electron chi connectivity index (χ1n) is 5.95. The molecule has 1 N–H and O–H groups in total. The molecule has 2 aromatic rings. The van der Waals surface area contributed by atoms with E-state index in [0.29, 0.717) is 17.4 Å². The number of nitrogens with one attached hydrogen (secondary N) is 1. The Morgan fingerprint density at radius 1 is 1.30 bits per heavy atom. The predicted molar refractivity (Wildman–Crippen MR) is 74.5 cm³/mol. The van der Waals surface area contributed by atoms with Gasteiger partial charge in [0.2, 0.25) is 0 Å². The van der Waals surface area contributed by atoms with Crippen molar-refractivity contribution in [2.24, 2.45) is 7.05 Å². The Balaban J connectivity index is 2.06. The van der Waals surface area contributed by atoms with E-state index in [1.807, 2.05) is 6.07 Å². The Morgan fingerprint density at radius 3 is 2.65 bits per heavy atom. The van der Waals surface area contributed by atoms with Gasteiger partial charge in [0, 0.05) is 36.4 Å². The smallest absolute Gasteiger partial charge is 0.384 e. The highest BCUT2D eigenvalue weighted by Crippen LogP contribution is 2.36. The Hall–Kier alpha value is -1.50. The molecule has 20 heavy (non-hydrogen) atoms. The summed E-state index contributed by atoms with van der Waals surface area (Å²) < 4.78 is 40.9. The first-order valence-corrected chi connectivity index (χ1v) is 6.75. The van der Waals surface area contributed by atoms with Gasteiger partial charge in [-0.3, -0.25) is 4.68 Å². The van der Waals surface area contributed by atoms with E-state index in [4.69, 9.17) is 0 Å². The summed E-state index contributed by atoms with van der Waals surface area (Å²) in [5.74, 6) is 0. The quantitative estimate of drug-likeness (QED) is 0.910. The number of anilines is 1. The highest BCUT2D eigenvalue weighted by molar-refractivity contribution is 9.10. The lowest BCUT2D eigenvalue weighted by atomic mass is 10.1. The largest absolute Gasteiger partial charge is 0.418 e. The van der Waals surface area contributed by atoms with Crippen molar-refractivity contribution >= 4 is 21.6 Å². The van der Waals surface area contributed by atoms with Crippen LogP contribution in [0.1, 0.15) is 11.3 Å². The van der Waals surface area contributed by atoms with Crippen molar-refractivity contribution in [3.05, 3.63) is 46.2 Å². The lowest BCUT2D eigenvalue weighted by molar-refractivity contribution is -0.136. The Bertz CT molecular complexity index is 593. The molecule has 0 amide bonds. The first-order chi connectivity index (χ1) is 9.36. The second kappa shape index (κ2) is 5.87. The van der Waals surface area contributed by atoms with Crippen molar-refractivity contribution in [1.29, 1.82) is 0 Å². The van der Waals surface area contributed by atoms with Gasteiger partial charge >= 0.3 is 6.18 Å². The molecule has 0 fully saturated rings. The molecule has 0 radical (unpaired) electrons. The number of benzene rings is 1. The Morgan fingerprint density at radius 2 is 2.05 bits per heavy atom. The monoisotopic (exact) mass is 347 g/mol. The SMILES string of the molecule is Cn1ccc(CCNc2cc(Br)ccc2C(F)(F)F)n1. The van der Waals surface area contributed by atoms with Crippen molar-refractivity contribution in [3.63, 3.8) is 0 Å². The zero-order valence-corrected chi connectivity index (χ0v) is 12.3. The molecular formula is C13H13BrF3N3. The minimum absolute atomic E-state index is 0.0720. The second-order valence-electron chi connectivity index (χ2n) is 4.35. The summed E-state index contributed by atoms with van der Waals surface area (Å²) >= 11 is 3.18. The van der Waals surface area contributed by atoms with Crippen LogP contribution in [0.15, 0.2) is 34.9 Å². The highest BCUT2D eigenvalue weighted by atomic mass is 79.9. The van der Waals surface area contributed by atoms with Gasteiger partial charge in [0.25, 0.3) is 0 Å². The molecule has 2 rings (SSSR count). The van der Waals surface area contributed by atoms with Crippen molar-refractivity contribution in [2.45, 2.75) is 12.6 Å². The van der Waals surface area contributed by atoms with Crippen LogP contribution >= 0.6 is 15.9 Å². The summed E-state index contributed by atoms with van der Waals surface area (Å²) in [5, 5.41) is 6.99. The van der Waals surface area contributed by atoms with Gasteiger partial charge in [-0.1, -0.05) is 15.9 Å². The van der Waals surface area contributed by atoms with Gasteiger partial charge in [0.15, 0.2) is 0 Å². The average Bonchev–Trinajstić information content (AvgIpc) is 2.73.